The zero-order chi connectivity index (χ0) is 15.6. The van der Waals surface area contributed by atoms with Gasteiger partial charge in [0.1, 0.15) is 16.5 Å². The lowest BCUT2D eigenvalue weighted by Gasteiger charge is -2.18. The lowest BCUT2D eigenvalue weighted by Crippen LogP contribution is -2.26. The molecule has 21 heavy (non-hydrogen) atoms. The number of nitro groups is 1. The van der Waals surface area contributed by atoms with E-state index in [1.807, 2.05) is 0 Å². The average Bonchev–Trinajstić information content (AvgIpc) is 2.80. The van der Waals surface area contributed by atoms with Gasteiger partial charge in [0, 0.05) is 30.5 Å². The minimum absolute atomic E-state index is 0.0585. The summed E-state index contributed by atoms with van der Waals surface area (Å²) in [5.74, 6) is -1.56. The molecule has 1 aromatic rings. The van der Waals surface area contributed by atoms with E-state index in [-0.39, 0.29) is 31.1 Å². The van der Waals surface area contributed by atoms with Gasteiger partial charge in [0.25, 0.3) is 5.69 Å². The van der Waals surface area contributed by atoms with Crippen LogP contribution < -0.4 is 4.90 Å². The van der Waals surface area contributed by atoms with E-state index < -0.39 is 27.4 Å². The van der Waals surface area contributed by atoms with E-state index in [1.54, 1.807) is 0 Å². The Hall–Kier alpha value is -2.38. The topological polar surface area (TPSA) is 112 Å². The quantitative estimate of drug-likeness (QED) is 0.280. The van der Waals surface area contributed by atoms with Gasteiger partial charge in [-0.1, -0.05) is 16.7 Å². The molecule has 0 aliphatic carbocycles. The lowest BCUT2D eigenvalue weighted by molar-refractivity contribution is -0.384. The first-order valence-electron chi connectivity index (χ1n) is 5.89. The first-order valence-corrected chi connectivity index (χ1v) is 6.27. The monoisotopic (exact) mass is 313 g/mol. The number of azide groups is 1. The third-order valence-electron chi connectivity index (χ3n) is 3.12. The van der Waals surface area contributed by atoms with E-state index in [9.17, 15) is 19.3 Å². The molecule has 2 rings (SSSR count). The minimum Gasteiger partial charge on any atom is -0.305 e. The number of carbonyl (C=O) groups is 1. The summed E-state index contributed by atoms with van der Waals surface area (Å²) in [6.07, 6.45) is 0.0585. The van der Waals surface area contributed by atoms with Crippen LogP contribution in [0.2, 0.25) is 5.02 Å². The maximum atomic E-state index is 13.5. The molecule has 0 saturated carbocycles. The number of benzene rings is 1. The van der Waals surface area contributed by atoms with E-state index in [2.05, 4.69) is 10.0 Å². The maximum Gasteiger partial charge on any atom is 0.294 e. The highest BCUT2D eigenvalue weighted by molar-refractivity contribution is 6.34. The summed E-state index contributed by atoms with van der Waals surface area (Å²) in [5, 5.41) is 13.9. The Morgan fingerprint density at radius 2 is 2.33 bits per heavy atom. The second-order valence-electron chi connectivity index (χ2n) is 4.47. The van der Waals surface area contributed by atoms with Crippen molar-refractivity contribution in [3.8, 4) is 0 Å². The van der Waals surface area contributed by atoms with Crippen molar-refractivity contribution < 1.29 is 14.1 Å². The van der Waals surface area contributed by atoms with Crippen molar-refractivity contribution in [2.45, 2.75) is 6.42 Å². The fourth-order valence-electron chi connectivity index (χ4n) is 2.21. The molecule has 0 bridgehead atoms. The molecular formula is C11H9ClFN5O3. The first kappa shape index (κ1) is 15.0. The predicted octanol–water partition coefficient (Wildman–Crippen LogP) is 3.05. The van der Waals surface area contributed by atoms with Crippen molar-refractivity contribution in [1.29, 1.82) is 0 Å². The van der Waals surface area contributed by atoms with Crippen LogP contribution in [0.15, 0.2) is 17.2 Å². The molecule has 1 aromatic carbocycles. The van der Waals surface area contributed by atoms with Gasteiger partial charge in [0.2, 0.25) is 5.91 Å². The van der Waals surface area contributed by atoms with Crippen LogP contribution in [0.5, 0.6) is 0 Å². The molecule has 1 amide bonds. The van der Waals surface area contributed by atoms with E-state index >= 15 is 0 Å². The minimum atomic E-state index is -0.844. The summed E-state index contributed by atoms with van der Waals surface area (Å²) in [7, 11) is 0. The number of rotatable bonds is 4. The number of hydrogen-bond acceptors (Lipinski definition) is 4. The second-order valence-corrected chi connectivity index (χ2v) is 4.85. The van der Waals surface area contributed by atoms with Gasteiger partial charge >= 0.3 is 0 Å². The average molecular weight is 314 g/mol. The van der Waals surface area contributed by atoms with Crippen molar-refractivity contribution in [2.24, 2.45) is 11.0 Å². The summed E-state index contributed by atoms with van der Waals surface area (Å²) >= 11 is 5.78. The van der Waals surface area contributed by atoms with Gasteiger partial charge in [0.15, 0.2) is 0 Å². The Kier molecular flexibility index (Phi) is 4.25. The molecule has 1 unspecified atom stereocenters. The molecular weight excluding hydrogens is 305 g/mol. The van der Waals surface area contributed by atoms with Gasteiger partial charge in [-0.2, -0.15) is 0 Å². The predicted molar refractivity (Wildman–Crippen MR) is 72.5 cm³/mol. The van der Waals surface area contributed by atoms with Crippen molar-refractivity contribution in [3.63, 3.8) is 0 Å². The van der Waals surface area contributed by atoms with Crippen molar-refractivity contribution in [1.82, 2.24) is 0 Å². The molecule has 0 radical (unpaired) electrons. The molecule has 1 saturated heterocycles. The largest absolute Gasteiger partial charge is 0.305 e. The van der Waals surface area contributed by atoms with E-state index in [0.29, 0.717) is 0 Å². The fraction of sp³-hybridized carbons (Fsp3) is 0.364. The number of anilines is 1. The van der Waals surface area contributed by atoms with E-state index in [1.165, 1.54) is 0 Å². The maximum absolute atomic E-state index is 13.5. The molecule has 8 nitrogen and oxygen atoms in total. The van der Waals surface area contributed by atoms with E-state index in [0.717, 1.165) is 17.0 Å². The number of nitrogens with zero attached hydrogens (tertiary/aromatic N) is 5. The molecule has 1 heterocycles. The SMILES string of the molecule is [N-]=[N+]=NCC1CC(=O)N(c2c([N+](=O)[O-])ccc(F)c2Cl)C1. The van der Waals surface area contributed by atoms with Gasteiger partial charge in [-0.25, -0.2) is 4.39 Å². The Balaban J connectivity index is 2.42. The second kappa shape index (κ2) is 5.94. The van der Waals surface area contributed by atoms with Crippen molar-refractivity contribution in [3.05, 3.63) is 43.5 Å². The summed E-state index contributed by atoms with van der Waals surface area (Å²) in [5.41, 5.74) is 7.57. The van der Waals surface area contributed by atoms with Crippen LogP contribution in [0.4, 0.5) is 15.8 Å². The van der Waals surface area contributed by atoms with Crippen molar-refractivity contribution in [2.75, 3.05) is 18.0 Å². The summed E-state index contributed by atoms with van der Waals surface area (Å²) in [6.45, 7) is 0.168. The van der Waals surface area contributed by atoms with E-state index in [4.69, 9.17) is 17.1 Å². The Labute approximate surface area is 122 Å². The molecule has 1 aliphatic rings. The molecule has 110 valence electrons. The van der Waals surface area contributed by atoms with Crippen molar-refractivity contribution >= 4 is 28.9 Å². The number of halogens is 2. The highest BCUT2D eigenvalue weighted by Crippen LogP contribution is 2.40. The highest BCUT2D eigenvalue weighted by Gasteiger charge is 2.36. The fourth-order valence-corrected chi connectivity index (χ4v) is 2.47. The standard InChI is InChI=1S/C11H9ClFN5O3/c12-10-7(13)1-2-8(18(20)21)11(10)17-5-6(3-9(17)19)4-15-16-14/h1-2,6H,3-5H2. The molecule has 1 fully saturated rings. The van der Waals surface area contributed by atoms with Crippen LogP contribution in [0.1, 0.15) is 6.42 Å². The Morgan fingerprint density at radius 1 is 1.62 bits per heavy atom. The van der Waals surface area contributed by atoms with Crippen LogP contribution in [-0.2, 0) is 4.79 Å². The number of carbonyl (C=O) groups excluding carboxylic acids is 1. The van der Waals surface area contributed by atoms with Gasteiger partial charge in [-0.05, 0) is 17.5 Å². The zero-order valence-electron chi connectivity index (χ0n) is 10.6. The Bertz CT molecular complexity index is 662. The summed E-state index contributed by atoms with van der Waals surface area (Å²) in [4.78, 5) is 25.9. The van der Waals surface area contributed by atoms with Gasteiger partial charge in [0.05, 0.1) is 4.92 Å². The molecule has 0 spiro atoms. The lowest BCUT2D eigenvalue weighted by atomic mass is 10.1. The first-order chi connectivity index (χ1) is 9.95. The van der Waals surface area contributed by atoms with Gasteiger partial charge in [-0.15, -0.1) is 0 Å². The molecule has 1 atom stereocenters. The smallest absolute Gasteiger partial charge is 0.294 e. The Morgan fingerprint density at radius 3 is 2.95 bits per heavy atom. The van der Waals surface area contributed by atoms with Crippen LogP contribution >= 0.6 is 11.6 Å². The third kappa shape index (κ3) is 2.88. The highest BCUT2D eigenvalue weighted by atomic mass is 35.5. The summed E-state index contributed by atoms with van der Waals surface area (Å²) in [6, 6.07) is 1.84. The summed E-state index contributed by atoms with van der Waals surface area (Å²) < 4.78 is 13.5. The van der Waals surface area contributed by atoms with Gasteiger partial charge < -0.3 is 4.90 Å². The third-order valence-corrected chi connectivity index (χ3v) is 3.48. The number of amides is 1. The van der Waals surface area contributed by atoms with Crippen LogP contribution in [-0.4, -0.2) is 23.9 Å². The molecule has 0 aromatic heterocycles. The molecule has 1 aliphatic heterocycles. The normalized spacial score (nSPS) is 17.7. The van der Waals surface area contributed by atoms with Crippen LogP contribution in [0.3, 0.4) is 0 Å². The van der Waals surface area contributed by atoms with Crippen LogP contribution in [0.25, 0.3) is 10.4 Å². The number of hydrogen-bond donors (Lipinski definition) is 0. The number of nitro benzene ring substituents is 1. The van der Waals surface area contributed by atoms with Gasteiger partial charge in [-0.3, -0.25) is 14.9 Å². The van der Waals surface area contributed by atoms with Crippen LogP contribution in [0, 0.1) is 21.8 Å². The zero-order valence-corrected chi connectivity index (χ0v) is 11.3. The molecule has 10 heteroatoms. The molecule has 0 N–H and O–H groups in total.